The third-order valence-electron chi connectivity index (χ3n) is 9.96. The number of anilines is 2. The molecule has 2 saturated heterocycles. The van der Waals surface area contributed by atoms with Crippen LogP contribution in [-0.2, 0) is 14.4 Å². The van der Waals surface area contributed by atoms with Crippen LogP contribution in [0.4, 0.5) is 11.4 Å². The zero-order chi connectivity index (χ0) is 29.8. The second-order valence-corrected chi connectivity index (χ2v) is 13.2. The fourth-order valence-electron chi connectivity index (χ4n) is 8.53. The van der Waals surface area contributed by atoms with Gasteiger partial charge >= 0.3 is 0 Å². The predicted octanol–water partition coefficient (Wildman–Crippen LogP) is 8.19. The van der Waals surface area contributed by atoms with Crippen LogP contribution in [0.5, 0.6) is 0 Å². The molecule has 0 saturated carbocycles. The molecule has 2 bridgehead atoms. The first-order valence-corrected chi connectivity index (χ1v) is 15.8. The van der Waals surface area contributed by atoms with Crippen molar-refractivity contribution in [1.82, 2.24) is 0 Å². The Hall–Kier alpha value is -4.23. The lowest BCUT2D eigenvalue weighted by Crippen LogP contribution is -2.63. The molecule has 3 atom stereocenters. The summed E-state index contributed by atoms with van der Waals surface area (Å²) in [7, 11) is 0. The summed E-state index contributed by atoms with van der Waals surface area (Å²) in [4.78, 5) is 39.6. The zero-order valence-corrected chi connectivity index (χ0v) is 25.6. The van der Waals surface area contributed by atoms with Crippen LogP contribution in [0.1, 0.15) is 45.7 Å². The average molecular weight is 660 g/mol. The Kier molecular flexibility index (Phi) is 5.44. The Bertz CT molecular complexity index is 1970. The molecule has 5 aromatic carbocycles. The molecule has 5 aliphatic rings. The van der Waals surface area contributed by atoms with Gasteiger partial charge in [0.1, 0.15) is 11.5 Å². The summed E-state index contributed by atoms with van der Waals surface area (Å²) < 4.78 is 0.880. The van der Waals surface area contributed by atoms with Crippen molar-refractivity contribution in [2.75, 3.05) is 9.96 Å². The van der Waals surface area contributed by atoms with E-state index in [2.05, 4.69) is 40.2 Å². The highest BCUT2D eigenvalue weighted by molar-refractivity contribution is 9.10. The SMILES string of the molecule is O=C1N(c2ccc(Cl)cc2)C(=O)C23C4c5ccccc5C(c5ccccc54)C12ON(c1ccccc1)C3c1cccc(Br)c1. The maximum atomic E-state index is 15.6. The van der Waals surface area contributed by atoms with Crippen LogP contribution in [0, 0.1) is 5.41 Å². The number of benzene rings is 5. The number of hydrogen-bond acceptors (Lipinski definition) is 4. The minimum Gasteiger partial charge on any atom is -0.273 e. The molecule has 3 unspecified atom stereocenters. The summed E-state index contributed by atoms with van der Waals surface area (Å²) in [6.07, 6.45) is 0. The lowest BCUT2D eigenvalue weighted by Gasteiger charge is -2.55. The Balaban J connectivity index is 1.43. The van der Waals surface area contributed by atoms with Crippen molar-refractivity contribution in [3.05, 3.63) is 165 Å². The Morgan fingerprint density at radius 1 is 0.636 bits per heavy atom. The molecule has 0 N–H and O–H groups in total. The molecular formula is C37H24BrClN2O3. The highest BCUT2D eigenvalue weighted by Crippen LogP contribution is 2.77. The van der Waals surface area contributed by atoms with Gasteiger partial charge in [0.25, 0.3) is 5.91 Å². The van der Waals surface area contributed by atoms with Gasteiger partial charge in [-0.3, -0.25) is 14.4 Å². The van der Waals surface area contributed by atoms with E-state index in [1.54, 1.807) is 24.3 Å². The highest BCUT2D eigenvalue weighted by Gasteiger charge is 2.87. The number of hydroxylamine groups is 1. The predicted molar refractivity (Wildman–Crippen MR) is 173 cm³/mol. The third kappa shape index (κ3) is 3.03. The molecule has 2 amide bonds. The molecule has 214 valence electrons. The van der Waals surface area contributed by atoms with Crippen LogP contribution in [-0.4, -0.2) is 17.4 Å². The fourth-order valence-corrected chi connectivity index (χ4v) is 9.07. The zero-order valence-electron chi connectivity index (χ0n) is 23.2. The Morgan fingerprint density at radius 3 is 1.84 bits per heavy atom. The first-order valence-electron chi connectivity index (χ1n) is 14.6. The smallest absolute Gasteiger partial charge is 0.271 e. The van der Waals surface area contributed by atoms with E-state index in [4.69, 9.17) is 16.4 Å². The van der Waals surface area contributed by atoms with Gasteiger partial charge in [0.2, 0.25) is 11.5 Å². The molecule has 3 aliphatic carbocycles. The van der Waals surface area contributed by atoms with Crippen LogP contribution in [0.3, 0.4) is 0 Å². The number of amides is 2. The largest absolute Gasteiger partial charge is 0.273 e. The van der Waals surface area contributed by atoms with Crippen molar-refractivity contribution in [3.63, 3.8) is 0 Å². The molecule has 44 heavy (non-hydrogen) atoms. The van der Waals surface area contributed by atoms with Gasteiger partial charge in [-0.1, -0.05) is 106 Å². The lowest BCUT2D eigenvalue weighted by molar-refractivity contribution is -0.153. The molecule has 0 aromatic heterocycles. The second-order valence-electron chi connectivity index (χ2n) is 11.9. The van der Waals surface area contributed by atoms with Crippen molar-refractivity contribution in [2.45, 2.75) is 23.5 Å². The van der Waals surface area contributed by atoms with E-state index in [9.17, 15) is 0 Å². The number of halogens is 2. The normalized spacial score (nSPS) is 27.6. The number of carbonyl (C=O) groups is 2. The third-order valence-corrected chi connectivity index (χ3v) is 10.7. The number of hydrogen-bond donors (Lipinski definition) is 0. The molecule has 5 aromatic rings. The number of rotatable bonds is 3. The molecule has 2 fully saturated rings. The van der Waals surface area contributed by atoms with E-state index < -0.39 is 28.9 Å². The lowest BCUT2D eigenvalue weighted by atomic mass is 9.43. The van der Waals surface area contributed by atoms with Crippen LogP contribution >= 0.6 is 27.5 Å². The van der Waals surface area contributed by atoms with Gasteiger partial charge in [0.15, 0.2) is 0 Å². The molecule has 5 nitrogen and oxygen atoms in total. The summed E-state index contributed by atoms with van der Waals surface area (Å²) in [5.41, 5.74) is 3.41. The molecule has 2 heterocycles. The quantitative estimate of drug-likeness (QED) is 0.183. The van der Waals surface area contributed by atoms with E-state index in [1.807, 2.05) is 83.9 Å². The van der Waals surface area contributed by atoms with Crippen molar-refractivity contribution in [3.8, 4) is 0 Å². The maximum Gasteiger partial charge on any atom is 0.271 e. The first-order chi connectivity index (χ1) is 21.5. The summed E-state index contributed by atoms with van der Waals surface area (Å²) in [5.74, 6) is -1.60. The van der Waals surface area contributed by atoms with E-state index in [1.165, 1.54) is 4.90 Å². The van der Waals surface area contributed by atoms with Gasteiger partial charge in [0.05, 0.1) is 17.3 Å². The molecule has 10 rings (SSSR count). The van der Waals surface area contributed by atoms with Gasteiger partial charge in [-0.2, -0.15) is 0 Å². The molecular weight excluding hydrogens is 636 g/mol. The molecule has 2 aliphatic heterocycles. The summed E-state index contributed by atoms with van der Waals surface area (Å²) in [6, 6.07) is 40.6. The standard InChI is InChI=1S/C37H24BrClN2O3/c38-23-10-8-9-22(21-23)33-36-31-27-13-4-6-15-29(27)32(30-16-7-5-14-28(30)31)37(36,44-41(33)26-11-2-1-3-12-26)35(43)40(34(36)42)25-19-17-24(39)18-20-25/h1-21,31-33H. The van der Waals surface area contributed by atoms with E-state index in [-0.39, 0.29) is 11.8 Å². The topological polar surface area (TPSA) is 49.9 Å². The number of para-hydroxylation sites is 1. The average Bonchev–Trinajstić information content (AvgIpc) is 3.49. The van der Waals surface area contributed by atoms with Crippen LogP contribution in [0.2, 0.25) is 5.02 Å². The minimum absolute atomic E-state index is 0.271. The summed E-state index contributed by atoms with van der Waals surface area (Å²) in [5, 5.41) is 2.37. The van der Waals surface area contributed by atoms with Gasteiger partial charge < -0.3 is 0 Å². The fraction of sp³-hybridized carbons (Fsp3) is 0.135. The van der Waals surface area contributed by atoms with Gasteiger partial charge in [-0.15, -0.1) is 0 Å². The van der Waals surface area contributed by atoms with Crippen molar-refractivity contribution < 1.29 is 14.4 Å². The molecule has 0 spiro atoms. The number of imide groups is 1. The van der Waals surface area contributed by atoms with Crippen LogP contribution in [0.25, 0.3) is 0 Å². The van der Waals surface area contributed by atoms with Gasteiger partial charge in [-0.25, -0.2) is 9.96 Å². The van der Waals surface area contributed by atoms with Gasteiger partial charge in [-0.05, 0) is 76.3 Å². The number of nitrogens with zero attached hydrogens (tertiary/aromatic N) is 2. The van der Waals surface area contributed by atoms with Gasteiger partial charge in [0, 0.05) is 15.4 Å². The molecule has 7 heteroatoms. The highest BCUT2D eigenvalue weighted by atomic mass is 79.9. The van der Waals surface area contributed by atoms with E-state index in [0.29, 0.717) is 10.7 Å². The van der Waals surface area contributed by atoms with Crippen LogP contribution in [0.15, 0.2) is 132 Å². The Morgan fingerprint density at radius 2 is 1.23 bits per heavy atom. The summed E-state index contributed by atoms with van der Waals surface area (Å²) in [6.45, 7) is 0. The first kappa shape index (κ1) is 26.2. The van der Waals surface area contributed by atoms with E-state index in [0.717, 1.165) is 38.0 Å². The van der Waals surface area contributed by atoms with Crippen molar-refractivity contribution in [1.29, 1.82) is 0 Å². The minimum atomic E-state index is -1.56. The van der Waals surface area contributed by atoms with Crippen molar-refractivity contribution >= 4 is 50.7 Å². The second kappa shape index (κ2) is 9.14. The summed E-state index contributed by atoms with van der Waals surface area (Å²) >= 11 is 9.95. The molecule has 0 radical (unpaired) electrons. The maximum absolute atomic E-state index is 15.6. The van der Waals surface area contributed by atoms with Crippen LogP contribution < -0.4 is 9.96 Å². The number of carbonyl (C=O) groups excluding carboxylic acids is 2. The van der Waals surface area contributed by atoms with Crippen molar-refractivity contribution in [2.24, 2.45) is 5.41 Å². The van der Waals surface area contributed by atoms with E-state index >= 15 is 9.59 Å². The Labute approximate surface area is 267 Å². The monoisotopic (exact) mass is 658 g/mol.